The Labute approximate surface area is 143 Å². The van der Waals surface area contributed by atoms with Crippen LogP contribution in [0.15, 0.2) is 42.5 Å². The van der Waals surface area contributed by atoms with Crippen molar-refractivity contribution in [2.75, 3.05) is 11.9 Å². The maximum atomic E-state index is 13.5. The molecule has 0 aliphatic rings. The molecule has 0 saturated carbocycles. The van der Waals surface area contributed by atoms with Gasteiger partial charge in [-0.15, -0.1) is 0 Å². The van der Waals surface area contributed by atoms with Crippen molar-refractivity contribution in [1.29, 1.82) is 0 Å². The lowest BCUT2D eigenvalue weighted by Crippen LogP contribution is -2.45. The molecule has 1 amide bonds. The van der Waals surface area contributed by atoms with E-state index in [0.29, 0.717) is 10.8 Å². The van der Waals surface area contributed by atoms with Crippen LogP contribution in [0.3, 0.4) is 0 Å². The minimum atomic E-state index is -1.84. The molecule has 2 N–H and O–H groups in total. The molecule has 7 heteroatoms. The van der Waals surface area contributed by atoms with Gasteiger partial charge in [0.15, 0.2) is 5.60 Å². The van der Waals surface area contributed by atoms with E-state index in [0.717, 1.165) is 6.07 Å². The number of anilines is 1. The zero-order valence-corrected chi connectivity index (χ0v) is 13.5. The quantitative estimate of drug-likeness (QED) is 0.808. The summed E-state index contributed by atoms with van der Waals surface area (Å²) in [5.41, 5.74) is -1.85. The number of ether oxygens (including phenoxy) is 1. The number of hydrogen-bond acceptors (Lipinski definition) is 3. The summed E-state index contributed by atoms with van der Waals surface area (Å²) in [7, 11) is 0. The molecule has 2 rings (SSSR count). The van der Waals surface area contributed by atoms with Crippen LogP contribution in [0.2, 0.25) is 5.02 Å². The van der Waals surface area contributed by atoms with Gasteiger partial charge < -0.3 is 15.2 Å². The highest BCUT2D eigenvalue weighted by Crippen LogP contribution is 2.22. The number of aliphatic hydroxyl groups is 1. The van der Waals surface area contributed by atoms with E-state index in [1.165, 1.54) is 19.1 Å². The van der Waals surface area contributed by atoms with Crippen LogP contribution in [0.1, 0.15) is 6.92 Å². The minimum absolute atomic E-state index is 0.136. The number of nitrogens with zero attached hydrogens (tertiary/aromatic N) is 1. The minimum Gasteiger partial charge on any atom is -0.490 e. The van der Waals surface area contributed by atoms with Crippen LogP contribution in [-0.4, -0.2) is 23.2 Å². The Balaban J connectivity index is 2.00. The molecule has 0 fully saturated rings. The monoisotopic (exact) mass is 348 g/mol. The Kier molecular flexibility index (Phi) is 5.39. The fourth-order valence-corrected chi connectivity index (χ4v) is 1.89. The van der Waals surface area contributed by atoms with Crippen molar-refractivity contribution in [1.82, 2.24) is 0 Å². The lowest BCUT2D eigenvalue weighted by Gasteiger charge is -2.22. The van der Waals surface area contributed by atoms with Gasteiger partial charge in [-0.3, -0.25) is 4.79 Å². The van der Waals surface area contributed by atoms with Crippen LogP contribution in [0.4, 0.5) is 15.8 Å². The van der Waals surface area contributed by atoms with Gasteiger partial charge in [0.25, 0.3) is 5.91 Å². The summed E-state index contributed by atoms with van der Waals surface area (Å²) in [6.45, 7) is 7.76. The molecule has 0 aliphatic heterocycles. The number of halogens is 2. The maximum Gasteiger partial charge on any atom is 0.259 e. The number of carbonyl (C=O) groups is 1. The summed E-state index contributed by atoms with van der Waals surface area (Å²) in [5, 5.41) is 13.2. The molecule has 0 unspecified atom stereocenters. The van der Waals surface area contributed by atoms with E-state index >= 15 is 0 Å². The van der Waals surface area contributed by atoms with Gasteiger partial charge in [-0.2, -0.15) is 0 Å². The average Bonchev–Trinajstić information content (AvgIpc) is 2.54. The van der Waals surface area contributed by atoms with Gasteiger partial charge in [0, 0.05) is 10.7 Å². The second-order valence-corrected chi connectivity index (χ2v) is 5.69. The molecule has 0 aliphatic carbocycles. The van der Waals surface area contributed by atoms with E-state index in [1.54, 1.807) is 24.3 Å². The Morgan fingerprint density at radius 2 is 2.04 bits per heavy atom. The summed E-state index contributed by atoms with van der Waals surface area (Å²) in [4.78, 5) is 15.1. The molecule has 0 radical (unpaired) electrons. The van der Waals surface area contributed by atoms with Crippen molar-refractivity contribution in [3.63, 3.8) is 0 Å². The second kappa shape index (κ2) is 7.30. The molecule has 0 bridgehead atoms. The number of benzene rings is 2. The van der Waals surface area contributed by atoms with Crippen LogP contribution >= 0.6 is 11.6 Å². The van der Waals surface area contributed by atoms with Crippen LogP contribution in [-0.2, 0) is 4.79 Å². The van der Waals surface area contributed by atoms with Gasteiger partial charge in [-0.1, -0.05) is 17.7 Å². The number of nitrogens with one attached hydrogen (secondary N) is 1. The fourth-order valence-electron chi connectivity index (χ4n) is 1.76. The van der Waals surface area contributed by atoms with Crippen molar-refractivity contribution in [2.24, 2.45) is 0 Å². The van der Waals surface area contributed by atoms with E-state index < -0.39 is 17.3 Å². The molecule has 0 heterocycles. The predicted octanol–water partition coefficient (Wildman–Crippen LogP) is 3.80. The van der Waals surface area contributed by atoms with E-state index in [2.05, 4.69) is 10.2 Å². The Hall–Kier alpha value is -2.62. The van der Waals surface area contributed by atoms with Gasteiger partial charge in [0.2, 0.25) is 5.69 Å². The number of amides is 1. The molecule has 5 nitrogen and oxygen atoms in total. The third kappa shape index (κ3) is 4.44. The Bertz CT molecular complexity index is 785. The van der Waals surface area contributed by atoms with Crippen molar-refractivity contribution in [3.05, 3.63) is 64.7 Å². The molecule has 0 spiro atoms. The van der Waals surface area contributed by atoms with Crippen LogP contribution in [0.25, 0.3) is 4.85 Å². The number of hydrogen-bond donors (Lipinski definition) is 2. The van der Waals surface area contributed by atoms with Crippen molar-refractivity contribution >= 4 is 28.9 Å². The third-order valence-electron chi connectivity index (χ3n) is 3.15. The standard InChI is InChI=1S/C17H14ClFN2O3/c1-17(23,10-24-13-6-3-11(18)4-7-13)16(22)21-12-5-8-15(20-2)14(19)9-12/h3-9,23H,10H2,1H3,(H,21,22)/t17-/m0/s1. The topological polar surface area (TPSA) is 62.9 Å². The largest absolute Gasteiger partial charge is 0.490 e. The van der Waals surface area contributed by atoms with E-state index in [-0.39, 0.29) is 18.0 Å². The predicted molar refractivity (Wildman–Crippen MR) is 88.9 cm³/mol. The highest BCUT2D eigenvalue weighted by atomic mass is 35.5. The van der Waals surface area contributed by atoms with E-state index in [4.69, 9.17) is 22.9 Å². The molecule has 1 atom stereocenters. The van der Waals surface area contributed by atoms with Crippen molar-refractivity contribution in [3.8, 4) is 5.75 Å². The van der Waals surface area contributed by atoms with Crippen molar-refractivity contribution in [2.45, 2.75) is 12.5 Å². The molecule has 0 saturated heterocycles. The van der Waals surface area contributed by atoms with E-state index in [9.17, 15) is 14.3 Å². The van der Waals surface area contributed by atoms with Gasteiger partial charge in [-0.05, 0) is 43.3 Å². The Morgan fingerprint density at radius 1 is 1.38 bits per heavy atom. The summed E-state index contributed by atoms with van der Waals surface area (Å²) in [5.74, 6) is -1.06. The van der Waals surface area contributed by atoms with Gasteiger partial charge >= 0.3 is 0 Å². The first kappa shape index (κ1) is 17.7. The molecule has 0 aromatic heterocycles. The van der Waals surface area contributed by atoms with Crippen molar-refractivity contribution < 1.29 is 19.0 Å². The van der Waals surface area contributed by atoms with Crippen LogP contribution in [0.5, 0.6) is 5.75 Å². The summed E-state index contributed by atoms with van der Waals surface area (Å²) in [6, 6.07) is 10.1. The second-order valence-electron chi connectivity index (χ2n) is 5.25. The molecule has 2 aromatic carbocycles. The Morgan fingerprint density at radius 3 is 2.62 bits per heavy atom. The SMILES string of the molecule is [C-]#[N+]c1ccc(NC(=O)[C@@](C)(O)COc2ccc(Cl)cc2)cc1F. The molecule has 124 valence electrons. The average molecular weight is 349 g/mol. The molecular weight excluding hydrogens is 335 g/mol. The normalized spacial score (nSPS) is 12.8. The lowest BCUT2D eigenvalue weighted by atomic mass is 10.1. The highest BCUT2D eigenvalue weighted by Gasteiger charge is 2.31. The van der Waals surface area contributed by atoms with Gasteiger partial charge in [0.1, 0.15) is 18.2 Å². The lowest BCUT2D eigenvalue weighted by molar-refractivity contribution is -0.135. The summed E-state index contributed by atoms with van der Waals surface area (Å²) >= 11 is 5.76. The maximum absolute atomic E-state index is 13.5. The summed E-state index contributed by atoms with van der Waals surface area (Å²) < 4.78 is 18.9. The molecular formula is C17H14ClFN2O3. The highest BCUT2D eigenvalue weighted by molar-refractivity contribution is 6.30. The number of rotatable bonds is 5. The summed E-state index contributed by atoms with van der Waals surface area (Å²) in [6.07, 6.45) is 0. The zero-order chi connectivity index (χ0) is 17.7. The zero-order valence-electron chi connectivity index (χ0n) is 12.7. The first-order valence-electron chi connectivity index (χ1n) is 6.91. The van der Waals surface area contributed by atoms with Crippen LogP contribution in [0, 0.1) is 12.4 Å². The van der Waals surface area contributed by atoms with E-state index in [1.807, 2.05) is 0 Å². The number of carbonyl (C=O) groups excluding carboxylic acids is 1. The smallest absolute Gasteiger partial charge is 0.259 e. The molecule has 24 heavy (non-hydrogen) atoms. The fraction of sp³-hybridized carbons (Fsp3) is 0.176. The first-order chi connectivity index (χ1) is 11.3. The molecule has 2 aromatic rings. The first-order valence-corrected chi connectivity index (χ1v) is 7.29. The third-order valence-corrected chi connectivity index (χ3v) is 3.40. The van der Waals surface area contributed by atoms with Gasteiger partial charge in [0.05, 0.1) is 6.57 Å². The van der Waals surface area contributed by atoms with Gasteiger partial charge in [-0.25, -0.2) is 9.24 Å². The van der Waals surface area contributed by atoms with Crippen LogP contribution < -0.4 is 10.1 Å².